The Morgan fingerprint density at radius 3 is 2.52 bits per heavy atom. The summed E-state index contributed by atoms with van der Waals surface area (Å²) in [6, 6.07) is 8.69. The molecule has 2 atom stereocenters. The molecule has 0 saturated heterocycles. The van der Waals surface area contributed by atoms with Crippen LogP contribution >= 0.6 is 0 Å². The van der Waals surface area contributed by atoms with Gasteiger partial charge in [0.2, 0.25) is 0 Å². The topological polar surface area (TPSA) is 90.4 Å². The lowest BCUT2D eigenvalue weighted by molar-refractivity contribution is -0.158. The zero-order valence-electron chi connectivity index (χ0n) is 14.3. The van der Waals surface area contributed by atoms with E-state index < -0.39 is 29.0 Å². The van der Waals surface area contributed by atoms with E-state index in [1.165, 1.54) is 16.8 Å². The number of fused-ring (bicyclic) bond motifs is 1. The molecule has 0 bridgehead atoms. The maximum absolute atomic E-state index is 12.1. The van der Waals surface area contributed by atoms with Gasteiger partial charge in [-0.2, -0.15) is 0 Å². The average molecular weight is 344 g/mol. The number of nitrogens with one attached hydrogen (secondary N) is 1. The van der Waals surface area contributed by atoms with Gasteiger partial charge in [-0.05, 0) is 26.3 Å². The number of hydrogen-bond acceptors (Lipinski definition) is 5. The van der Waals surface area contributed by atoms with Crippen molar-refractivity contribution in [2.45, 2.75) is 33.1 Å². The van der Waals surface area contributed by atoms with Gasteiger partial charge in [0.25, 0.3) is 5.56 Å². The van der Waals surface area contributed by atoms with Crippen molar-refractivity contribution >= 4 is 5.97 Å². The van der Waals surface area contributed by atoms with E-state index in [-0.39, 0.29) is 12.6 Å². The number of rotatable bonds is 3. The van der Waals surface area contributed by atoms with Gasteiger partial charge in [-0.3, -0.25) is 19.1 Å². The third kappa shape index (κ3) is 3.41. The zero-order chi connectivity index (χ0) is 18.2. The van der Waals surface area contributed by atoms with Gasteiger partial charge in [0.15, 0.2) is 6.23 Å². The van der Waals surface area contributed by atoms with Crippen LogP contribution in [0.1, 0.15) is 44.2 Å². The molecule has 0 saturated carbocycles. The number of carbonyl (C=O) groups excluding carboxylic acids is 1. The van der Waals surface area contributed by atoms with Gasteiger partial charge >= 0.3 is 11.7 Å². The molecule has 0 aliphatic carbocycles. The highest BCUT2D eigenvalue weighted by molar-refractivity contribution is 5.75. The second kappa shape index (κ2) is 6.33. The molecule has 7 heteroatoms. The molecule has 2 heterocycles. The largest absolute Gasteiger partial charge is 0.462 e. The molecule has 2 aromatic rings. The summed E-state index contributed by atoms with van der Waals surface area (Å²) >= 11 is 0. The third-order valence-electron chi connectivity index (χ3n) is 3.98. The van der Waals surface area contributed by atoms with Crippen LogP contribution in [-0.4, -0.2) is 22.1 Å². The van der Waals surface area contributed by atoms with Crippen LogP contribution in [-0.2, 0) is 14.3 Å². The van der Waals surface area contributed by atoms with Gasteiger partial charge in [0, 0.05) is 17.8 Å². The van der Waals surface area contributed by atoms with Crippen LogP contribution in [0, 0.1) is 5.41 Å². The summed E-state index contributed by atoms with van der Waals surface area (Å²) in [5.41, 5.74) is 0.0245. The first-order chi connectivity index (χ1) is 11.8. The lowest BCUT2D eigenvalue weighted by Crippen LogP contribution is -2.32. The van der Waals surface area contributed by atoms with E-state index in [1.54, 1.807) is 20.8 Å². The van der Waals surface area contributed by atoms with Crippen molar-refractivity contribution < 1.29 is 14.3 Å². The van der Waals surface area contributed by atoms with Crippen molar-refractivity contribution in [1.82, 2.24) is 9.55 Å². The summed E-state index contributed by atoms with van der Waals surface area (Å²) in [7, 11) is 0. The van der Waals surface area contributed by atoms with Gasteiger partial charge < -0.3 is 9.47 Å². The highest BCUT2D eigenvalue weighted by atomic mass is 16.6. The average Bonchev–Trinajstić information content (AvgIpc) is 2.90. The fourth-order valence-corrected chi connectivity index (χ4v) is 2.66. The van der Waals surface area contributed by atoms with Gasteiger partial charge in [0.1, 0.15) is 12.7 Å². The highest BCUT2D eigenvalue weighted by Gasteiger charge is 2.35. The summed E-state index contributed by atoms with van der Waals surface area (Å²) in [6.07, 6.45) is 0.233. The molecule has 7 nitrogen and oxygen atoms in total. The van der Waals surface area contributed by atoms with E-state index in [0.29, 0.717) is 0 Å². The predicted octanol–water partition coefficient (Wildman–Crippen LogP) is 1.74. The Bertz CT molecular complexity index is 906. The number of benzene rings is 1. The first kappa shape index (κ1) is 17.2. The summed E-state index contributed by atoms with van der Waals surface area (Å²) in [5, 5.41) is 0. The van der Waals surface area contributed by atoms with Crippen LogP contribution in [0.4, 0.5) is 0 Å². The quantitative estimate of drug-likeness (QED) is 0.857. The minimum Gasteiger partial charge on any atom is -0.462 e. The minimum atomic E-state index is -0.682. The minimum absolute atomic E-state index is 0.0573. The summed E-state index contributed by atoms with van der Waals surface area (Å²) < 4.78 is 12.6. The highest BCUT2D eigenvalue weighted by Crippen LogP contribution is 2.39. The molecule has 1 aromatic heterocycles. The van der Waals surface area contributed by atoms with Gasteiger partial charge in [-0.25, -0.2) is 4.79 Å². The van der Waals surface area contributed by atoms with Gasteiger partial charge in [0.05, 0.1) is 5.41 Å². The van der Waals surface area contributed by atoms with Crippen LogP contribution in [0.5, 0.6) is 0 Å². The number of aromatic nitrogens is 2. The number of H-pyrrole nitrogens is 1. The molecule has 0 unspecified atom stereocenters. The molecule has 0 spiro atoms. The summed E-state index contributed by atoms with van der Waals surface area (Å²) in [6.45, 7) is 5.39. The van der Waals surface area contributed by atoms with Gasteiger partial charge in [-0.15, -0.1) is 0 Å². The summed E-state index contributed by atoms with van der Waals surface area (Å²) in [4.78, 5) is 37.6. The van der Waals surface area contributed by atoms with Crippen molar-refractivity contribution in [3.8, 4) is 0 Å². The summed E-state index contributed by atoms with van der Waals surface area (Å²) in [5.74, 6) is -0.321. The maximum atomic E-state index is 12.1. The lowest BCUT2D eigenvalue weighted by atomic mass is 9.97. The molecular weight excluding hydrogens is 324 g/mol. The molecule has 1 aromatic carbocycles. The van der Waals surface area contributed by atoms with E-state index in [0.717, 1.165) is 11.1 Å². The van der Waals surface area contributed by atoms with Crippen LogP contribution < -0.4 is 11.2 Å². The zero-order valence-corrected chi connectivity index (χ0v) is 14.3. The first-order valence-corrected chi connectivity index (χ1v) is 8.00. The molecular formula is C18H20N2O5. The number of aromatic amines is 1. The Kier molecular flexibility index (Phi) is 4.34. The third-order valence-corrected chi connectivity index (χ3v) is 3.98. The van der Waals surface area contributed by atoms with E-state index in [9.17, 15) is 14.4 Å². The fraction of sp³-hybridized carbons (Fsp3) is 0.389. The van der Waals surface area contributed by atoms with Crippen LogP contribution in [0.2, 0.25) is 0 Å². The van der Waals surface area contributed by atoms with Crippen molar-refractivity contribution in [2.75, 3.05) is 6.61 Å². The number of carbonyl (C=O) groups is 1. The van der Waals surface area contributed by atoms with E-state index in [4.69, 9.17) is 9.47 Å². The number of hydrogen-bond donors (Lipinski definition) is 1. The second-order valence-electron chi connectivity index (χ2n) is 6.97. The molecule has 0 amide bonds. The Morgan fingerprint density at radius 1 is 1.20 bits per heavy atom. The normalized spacial score (nSPS) is 19.5. The number of ether oxygens (including phenoxy) is 2. The van der Waals surface area contributed by atoms with Crippen molar-refractivity contribution in [3.05, 3.63) is 68.5 Å². The van der Waals surface area contributed by atoms with E-state index in [2.05, 4.69) is 4.98 Å². The number of nitrogens with zero attached hydrogens (tertiary/aromatic N) is 1. The van der Waals surface area contributed by atoms with Gasteiger partial charge in [-0.1, -0.05) is 24.3 Å². The second-order valence-corrected chi connectivity index (χ2v) is 6.97. The molecule has 25 heavy (non-hydrogen) atoms. The van der Waals surface area contributed by atoms with Crippen molar-refractivity contribution in [3.63, 3.8) is 0 Å². The Hall–Kier alpha value is -2.67. The standard InChI is InChI=1S/C18H20N2O5/c1-18(2,3)16(22)24-10-13-11-6-4-5-7-12(11)15(25-13)20-9-8-14(21)19-17(20)23/h4-9,13,15H,10H2,1-3H3,(H,19,21,23)/t13-,15-/m0/s1. The fourth-order valence-electron chi connectivity index (χ4n) is 2.66. The Morgan fingerprint density at radius 2 is 1.88 bits per heavy atom. The molecule has 1 aliphatic heterocycles. The molecule has 132 valence electrons. The van der Waals surface area contributed by atoms with E-state index >= 15 is 0 Å². The van der Waals surface area contributed by atoms with Crippen LogP contribution in [0.25, 0.3) is 0 Å². The molecule has 3 rings (SSSR count). The Balaban J connectivity index is 1.88. The van der Waals surface area contributed by atoms with E-state index in [1.807, 2.05) is 24.3 Å². The van der Waals surface area contributed by atoms with Crippen LogP contribution in [0.3, 0.4) is 0 Å². The monoisotopic (exact) mass is 344 g/mol. The first-order valence-electron chi connectivity index (χ1n) is 8.00. The molecule has 0 fully saturated rings. The van der Waals surface area contributed by atoms with Crippen LogP contribution in [0.15, 0.2) is 46.1 Å². The van der Waals surface area contributed by atoms with Crippen molar-refractivity contribution in [1.29, 1.82) is 0 Å². The molecule has 1 N–H and O–H groups in total. The molecule has 0 radical (unpaired) electrons. The lowest BCUT2D eigenvalue weighted by Gasteiger charge is -2.20. The maximum Gasteiger partial charge on any atom is 0.330 e. The number of esters is 1. The predicted molar refractivity (Wildman–Crippen MR) is 90.1 cm³/mol. The smallest absolute Gasteiger partial charge is 0.330 e. The molecule has 1 aliphatic rings. The Labute approximate surface area is 144 Å². The SMILES string of the molecule is CC(C)(C)C(=O)OC[C@@H]1O[C@H](n2ccc(=O)[nH]c2=O)c2ccccc21. The van der Waals surface area contributed by atoms with Crippen molar-refractivity contribution in [2.24, 2.45) is 5.41 Å².